The van der Waals surface area contributed by atoms with Crippen LogP contribution in [0.1, 0.15) is 0 Å². The summed E-state index contributed by atoms with van der Waals surface area (Å²) in [6, 6.07) is 10.3. The first kappa shape index (κ1) is 10.7. The molecule has 0 aliphatic rings. The van der Waals surface area contributed by atoms with Gasteiger partial charge < -0.3 is 14.9 Å². The van der Waals surface area contributed by atoms with Gasteiger partial charge in [0.1, 0.15) is 5.58 Å². The van der Waals surface area contributed by atoms with Gasteiger partial charge in [0.15, 0.2) is 11.3 Å². The number of para-hydroxylation sites is 1. The minimum atomic E-state index is -0.0996. The Morgan fingerprint density at radius 3 is 2.78 bits per heavy atom. The summed E-state index contributed by atoms with van der Waals surface area (Å²) in [7, 11) is 1.54. The molecular formula is C14H11NO3. The van der Waals surface area contributed by atoms with Crippen LogP contribution in [-0.2, 0) is 0 Å². The fraction of sp³-hybridized carbons (Fsp3) is 0.0714. The number of ether oxygens (including phenoxy) is 1. The number of hydrogen-bond acceptors (Lipinski definition) is 4. The molecule has 4 nitrogen and oxygen atoms in total. The van der Waals surface area contributed by atoms with Crippen molar-refractivity contribution in [2.45, 2.75) is 0 Å². The predicted octanol–water partition coefficient (Wildman–Crippen LogP) is 2.54. The van der Waals surface area contributed by atoms with Gasteiger partial charge in [-0.05, 0) is 30.3 Å². The largest absolute Gasteiger partial charge is 0.493 e. The molecule has 0 aliphatic carbocycles. The Bertz CT molecular complexity index is 805. The van der Waals surface area contributed by atoms with Crippen molar-refractivity contribution in [3.63, 3.8) is 0 Å². The van der Waals surface area contributed by atoms with Gasteiger partial charge in [-0.1, -0.05) is 6.07 Å². The summed E-state index contributed by atoms with van der Waals surface area (Å²) in [6.45, 7) is 0. The Morgan fingerprint density at radius 1 is 1.17 bits per heavy atom. The maximum Gasteiger partial charge on any atom is 0.200 e. The Kier molecular flexibility index (Phi) is 2.23. The summed E-state index contributed by atoms with van der Waals surface area (Å²) in [5.41, 5.74) is 7.09. The van der Waals surface area contributed by atoms with E-state index in [2.05, 4.69) is 0 Å². The van der Waals surface area contributed by atoms with Crippen LogP contribution >= 0.6 is 0 Å². The van der Waals surface area contributed by atoms with Crippen LogP contribution < -0.4 is 15.9 Å². The summed E-state index contributed by atoms with van der Waals surface area (Å²) < 4.78 is 10.9. The topological polar surface area (TPSA) is 65.5 Å². The van der Waals surface area contributed by atoms with Crippen molar-refractivity contribution < 1.29 is 9.15 Å². The standard InChI is InChI=1S/C14H11NO3/c1-17-12-4-2-3-9-13(16)10-7-8(15)5-6-11(10)18-14(9)12/h2-7H,15H2,1H3. The lowest BCUT2D eigenvalue weighted by atomic mass is 10.1. The average Bonchev–Trinajstić information content (AvgIpc) is 2.39. The maximum absolute atomic E-state index is 12.3. The highest BCUT2D eigenvalue weighted by molar-refractivity contribution is 5.93. The number of methoxy groups -OCH3 is 1. The van der Waals surface area contributed by atoms with Gasteiger partial charge in [-0.25, -0.2) is 0 Å². The summed E-state index contributed by atoms with van der Waals surface area (Å²) in [5, 5.41) is 0.975. The molecule has 0 unspecified atom stereocenters. The summed E-state index contributed by atoms with van der Waals surface area (Å²) in [4.78, 5) is 12.3. The first-order valence-corrected chi connectivity index (χ1v) is 5.50. The van der Waals surface area contributed by atoms with Crippen LogP contribution in [0.25, 0.3) is 21.9 Å². The van der Waals surface area contributed by atoms with Gasteiger partial charge in [-0.3, -0.25) is 4.79 Å². The number of fused-ring (bicyclic) bond motifs is 2. The van der Waals surface area contributed by atoms with Crippen LogP contribution in [0.15, 0.2) is 45.6 Å². The van der Waals surface area contributed by atoms with Gasteiger partial charge in [-0.15, -0.1) is 0 Å². The predicted molar refractivity (Wildman–Crippen MR) is 71.0 cm³/mol. The molecule has 0 fully saturated rings. The second kappa shape index (κ2) is 3.77. The zero-order chi connectivity index (χ0) is 12.7. The smallest absolute Gasteiger partial charge is 0.200 e. The molecule has 2 aromatic carbocycles. The molecule has 0 amide bonds. The fourth-order valence-electron chi connectivity index (χ4n) is 2.03. The molecule has 0 atom stereocenters. The highest BCUT2D eigenvalue weighted by Crippen LogP contribution is 2.27. The molecule has 1 heterocycles. The molecule has 0 bridgehead atoms. The zero-order valence-corrected chi connectivity index (χ0v) is 9.77. The van der Waals surface area contributed by atoms with Crippen LogP contribution in [0.4, 0.5) is 5.69 Å². The van der Waals surface area contributed by atoms with Gasteiger partial charge in [0.05, 0.1) is 17.9 Å². The van der Waals surface area contributed by atoms with E-state index in [1.807, 2.05) is 0 Å². The molecular weight excluding hydrogens is 230 g/mol. The van der Waals surface area contributed by atoms with Gasteiger partial charge in [-0.2, -0.15) is 0 Å². The third-order valence-corrected chi connectivity index (χ3v) is 2.90. The molecule has 0 aliphatic heterocycles. The van der Waals surface area contributed by atoms with Crippen LogP contribution in [0.5, 0.6) is 5.75 Å². The molecule has 4 heteroatoms. The molecule has 2 N–H and O–H groups in total. The second-order valence-corrected chi connectivity index (χ2v) is 4.02. The Morgan fingerprint density at radius 2 is 2.00 bits per heavy atom. The molecule has 90 valence electrons. The van der Waals surface area contributed by atoms with Crippen molar-refractivity contribution in [2.75, 3.05) is 12.8 Å². The highest BCUT2D eigenvalue weighted by atomic mass is 16.5. The van der Waals surface area contributed by atoms with E-state index >= 15 is 0 Å². The fourth-order valence-corrected chi connectivity index (χ4v) is 2.03. The van der Waals surface area contributed by atoms with E-state index in [-0.39, 0.29) is 5.43 Å². The van der Waals surface area contributed by atoms with Crippen molar-refractivity contribution in [3.05, 3.63) is 46.6 Å². The Hall–Kier alpha value is -2.49. The Labute approximate surface area is 103 Å². The minimum Gasteiger partial charge on any atom is -0.493 e. The molecule has 0 radical (unpaired) electrons. The monoisotopic (exact) mass is 241 g/mol. The molecule has 1 aromatic heterocycles. The quantitative estimate of drug-likeness (QED) is 0.525. The lowest BCUT2D eigenvalue weighted by molar-refractivity contribution is 0.411. The molecule has 0 spiro atoms. The first-order valence-electron chi connectivity index (χ1n) is 5.50. The van der Waals surface area contributed by atoms with E-state index in [4.69, 9.17) is 14.9 Å². The van der Waals surface area contributed by atoms with E-state index in [0.717, 1.165) is 0 Å². The van der Waals surface area contributed by atoms with Crippen molar-refractivity contribution in [3.8, 4) is 5.75 Å². The number of rotatable bonds is 1. The number of nitrogen functional groups attached to an aromatic ring is 1. The van der Waals surface area contributed by atoms with E-state index in [0.29, 0.717) is 33.4 Å². The van der Waals surface area contributed by atoms with Crippen molar-refractivity contribution >= 4 is 27.6 Å². The van der Waals surface area contributed by atoms with Crippen molar-refractivity contribution in [2.24, 2.45) is 0 Å². The molecule has 18 heavy (non-hydrogen) atoms. The number of nitrogens with two attached hydrogens (primary N) is 1. The molecule has 3 aromatic rings. The van der Waals surface area contributed by atoms with Crippen LogP contribution in [-0.4, -0.2) is 7.11 Å². The van der Waals surface area contributed by atoms with E-state index in [9.17, 15) is 4.79 Å². The second-order valence-electron chi connectivity index (χ2n) is 4.02. The van der Waals surface area contributed by atoms with Crippen molar-refractivity contribution in [1.29, 1.82) is 0 Å². The maximum atomic E-state index is 12.3. The van der Waals surface area contributed by atoms with E-state index in [1.54, 1.807) is 43.5 Å². The number of benzene rings is 2. The molecule has 3 rings (SSSR count). The summed E-state index contributed by atoms with van der Waals surface area (Å²) >= 11 is 0. The zero-order valence-electron chi connectivity index (χ0n) is 9.77. The van der Waals surface area contributed by atoms with E-state index < -0.39 is 0 Å². The minimum absolute atomic E-state index is 0.0996. The van der Waals surface area contributed by atoms with Gasteiger partial charge >= 0.3 is 0 Å². The number of hydrogen-bond donors (Lipinski definition) is 1. The van der Waals surface area contributed by atoms with Crippen LogP contribution in [0.2, 0.25) is 0 Å². The molecule has 0 saturated carbocycles. The Balaban J connectivity index is 2.56. The summed E-state index contributed by atoms with van der Waals surface area (Å²) in [5.74, 6) is 0.545. The van der Waals surface area contributed by atoms with Crippen molar-refractivity contribution in [1.82, 2.24) is 0 Å². The van der Waals surface area contributed by atoms with Crippen LogP contribution in [0, 0.1) is 0 Å². The average molecular weight is 241 g/mol. The van der Waals surface area contributed by atoms with Gasteiger partial charge in [0.25, 0.3) is 0 Å². The lowest BCUT2D eigenvalue weighted by Crippen LogP contribution is -2.03. The highest BCUT2D eigenvalue weighted by Gasteiger charge is 2.11. The summed E-state index contributed by atoms with van der Waals surface area (Å²) in [6.07, 6.45) is 0. The number of anilines is 1. The third-order valence-electron chi connectivity index (χ3n) is 2.90. The SMILES string of the molecule is COc1cccc2c(=O)c3cc(N)ccc3oc12. The van der Waals surface area contributed by atoms with Gasteiger partial charge in [0.2, 0.25) is 5.43 Å². The van der Waals surface area contributed by atoms with Gasteiger partial charge in [0, 0.05) is 5.69 Å². The van der Waals surface area contributed by atoms with E-state index in [1.165, 1.54) is 0 Å². The van der Waals surface area contributed by atoms with Crippen LogP contribution in [0.3, 0.4) is 0 Å². The first-order chi connectivity index (χ1) is 8.70. The molecule has 0 saturated heterocycles. The normalized spacial score (nSPS) is 10.9. The third kappa shape index (κ3) is 1.43. The lowest BCUT2D eigenvalue weighted by Gasteiger charge is -2.05.